The molecule has 0 N–H and O–H groups in total. The first-order valence-corrected chi connectivity index (χ1v) is 4.24. The van der Waals surface area contributed by atoms with Gasteiger partial charge >= 0.3 is 0 Å². The third kappa shape index (κ3) is 6.94. The van der Waals surface area contributed by atoms with Crippen LogP contribution < -0.4 is 0 Å². The van der Waals surface area contributed by atoms with Gasteiger partial charge in [-0.1, -0.05) is 24.4 Å². The van der Waals surface area contributed by atoms with E-state index in [9.17, 15) is 0 Å². The lowest BCUT2D eigenvalue weighted by molar-refractivity contribution is 4.32. The molecular weight excluding hydrogens is 163 g/mol. The topological polar surface area (TPSA) is 0 Å². The average Bonchev–Trinajstić information content (AvgIpc) is 1.69. The molecule has 5 heteroatoms. The van der Waals surface area contributed by atoms with Crippen LogP contribution in [0.4, 0.5) is 0 Å². The van der Waals surface area contributed by atoms with Gasteiger partial charge in [0.25, 0.3) is 5.84 Å². The minimum Gasteiger partial charge on any atom is -0.164 e. The van der Waals surface area contributed by atoms with Gasteiger partial charge in [-0.05, 0) is 0 Å². The molecule has 0 amide bonds. The summed E-state index contributed by atoms with van der Waals surface area (Å²) in [6, 6.07) is 0. The quantitative estimate of drug-likeness (QED) is 0.354. The van der Waals surface area contributed by atoms with Gasteiger partial charge < -0.3 is 0 Å². The molecule has 0 rings (SSSR count). The van der Waals surface area contributed by atoms with Gasteiger partial charge in [-0.2, -0.15) is 23.2 Å². The number of rotatable bonds is 4. The van der Waals surface area contributed by atoms with Crippen LogP contribution in [0.1, 0.15) is 0 Å². The van der Waals surface area contributed by atoms with E-state index in [1.165, 1.54) is 23.2 Å². The highest BCUT2D eigenvalue weighted by atomic mass is 32.2. The molecule has 0 aromatic heterocycles. The first-order chi connectivity index (χ1) is 3.41. The van der Waals surface area contributed by atoms with Gasteiger partial charge in [0, 0.05) is 9.40 Å². The van der Waals surface area contributed by atoms with E-state index in [-0.39, 0.29) is 0 Å². The van der Waals surface area contributed by atoms with Crippen molar-refractivity contribution in [1.82, 2.24) is 0 Å². The Labute approximate surface area is 62.9 Å². The smallest absolute Gasteiger partial charge is 0.164 e. The van der Waals surface area contributed by atoms with Crippen LogP contribution in [0.5, 0.6) is 0 Å². The highest BCUT2D eigenvalue weighted by Gasteiger charge is 1.81. The fourth-order valence-electron chi connectivity index (χ4n) is 0.0774. The summed E-state index contributed by atoms with van der Waals surface area (Å²) < 4.78 is 3.18. The average molecular weight is 165 g/mol. The SMILES string of the molecule is S=CS[B]SC=S. The fourth-order valence-corrected chi connectivity index (χ4v) is 1.51. The van der Waals surface area contributed by atoms with Gasteiger partial charge in [-0.25, -0.2) is 0 Å². The molecule has 0 bridgehead atoms. The molecule has 0 aromatic rings. The Morgan fingerprint density at radius 2 is 1.57 bits per heavy atom. The molecule has 0 nitrogen and oxygen atoms in total. The molecule has 0 aliphatic carbocycles. The molecule has 0 saturated carbocycles. The van der Waals surface area contributed by atoms with Crippen molar-refractivity contribution in [2.45, 2.75) is 0 Å². The molecule has 0 aliphatic heterocycles. The van der Waals surface area contributed by atoms with Crippen molar-refractivity contribution >= 4 is 62.9 Å². The van der Waals surface area contributed by atoms with Crippen molar-refractivity contribution in [1.29, 1.82) is 0 Å². The Morgan fingerprint density at radius 1 is 1.14 bits per heavy atom. The van der Waals surface area contributed by atoms with Crippen LogP contribution in [0, 0.1) is 0 Å². The second-order valence-electron chi connectivity index (χ2n) is 0.561. The zero-order valence-electron chi connectivity index (χ0n) is 3.37. The van der Waals surface area contributed by atoms with Crippen molar-refractivity contribution in [3.8, 4) is 0 Å². The van der Waals surface area contributed by atoms with Crippen LogP contribution in [-0.4, -0.2) is 15.2 Å². The van der Waals surface area contributed by atoms with Crippen LogP contribution in [0.15, 0.2) is 0 Å². The summed E-state index contributed by atoms with van der Waals surface area (Å²) in [5.74, 6) is 1.88. The van der Waals surface area contributed by atoms with E-state index in [2.05, 4.69) is 24.4 Å². The van der Waals surface area contributed by atoms with Crippen molar-refractivity contribution < 1.29 is 0 Å². The first-order valence-electron chi connectivity index (χ1n) is 1.41. The second-order valence-corrected chi connectivity index (χ2v) is 3.41. The second kappa shape index (κ2) is 6.94. The summed E-state index contributed by atoms with van der Waals surface area (Å²) in [6.45, 7) is 0. The molecule has 0 aliphatic rings. The summed E-state index contributed by atoms with van der Waals surface area (Å²) in [5, 5.41) is 0. The molecule has 37 valence electrons. The van der Waals surface area contributed by atoms with Gasteiger partial charge in [-0.15, -0.1) is 0 Å². The predicted octanol–water partition coefficient (Wildman–Crippen LogP) is 1.90. The molecule has 0 fully saturated rings. The largest absolute Gasteiger partial charge is 0.281 e. The zero-order valence-corrected chi connectivity index (χ0v) is 6.63. The maximum absolute atomic E-state index is 4.51. The molecule has 0 spiro atoms. The lowest BCUT2D eigenvalue weighted by atomic mass is 10.7. The van der Waals surface area contributed by atoms with E-state index < -0.39 is 0 Å². The van der Waals surface area contributed by atoms with Crippen molar-refractivity contribution in [2.24, 2.45) is 0 Å². The summed E-state index contributed by atoms with van der Waals surface area (Å²) in [6.07, 6.45) is 0. The Balaban J connectivity index is 2.68. The van der Waals surface area contributed by atoms with E-state index in [1.54, 1.807) is 9.40 Å². The normalized spacial score (nSPS) is 7.43. The third-order valence-electron chi connectivity index (χ3n) is 0.222. The summed E-state index contributed by atoms with van der Waals surface area (Å²) in [4.78, 5) is 0. The van der Waals surface area contributed by atoms with Crippen LogP contribution in [0.3, 0.4) is 0 Å². The van der Waals surface area contributed by atoms with Crippen molar-refractivity contribution in [3.05, 3.63) is 0 Å². The van der Waals surface area contributed by atoms with Gasteiger partial charge in [-0.3, -0.25) is 0 Å². The van der Waals surface area contributed by atoms with Crippen LogP contribution in [-0.2, 0) is 0 Å². The van der Waals surface area contributed by atoms with Crippen molar-refractivity contribution in [2.75, 3.05) is 0 Å². The molecule has 0 unspecified atom stereocenters. The van der Waals surface area contributed by atoms with E-state index in [1.807, 2.05) is 5.84 Å². The number of hydrogen-bond acceptors (Lipinski definition) is 4. The summed E-state index contributed by atoms with van der Waals surface area (Å²) >= 11 is 11.9. The lowest BCUT2D eigenvalue weighted by Gasteiger charge is -1.79. The molecule has 0 heterocycles. The Hall–Kier alpha value is 0.945. The van der Waals surface area contributed by atoms with E-state index in [0.29, 0.717) is 0 Å². The zero-order chi connectivity index (χ0) is 5.54. The molecule has 0 aromatic carbocycles. The maximum atomic E-state index is 4.51. The van der Waals surface area contributed by atoms with Gasteiger partial charge in [0.1, 0.15) is 0 Å². The Bertz CT molecular complexity index is 54.7. The standard InChI is InChI=1S/C2H2BS4/c4-1-6-3-7-2-5/h1-2H. The Kier molecular flexibility index (Phi) is 7.88. The van der Waals surface area contributed by atoms with Crippen molar-refractivity contribution in [3.63, 3.8) is 0 Å². The first kappa shape index (κ1) is 7.94. The van der Waals surface area contributed by atoms with E-state index in [4.69, 9.17) is 0 Å². The third-order valence-corrected chi connectivity index (χ3v) is 2.00. The maximum Gasteiger partial charge on any atom is 0.281 e. The fraction of sp³-hybridized carbons (Fsp3) is 0. The lowest BCUT2D eigenvalue weighted by Crippen LogP contribution is -1.70. The van der Waals surface area contributed by atoms with E-state index in [0.717, 1.165) is 0 Å². The monoisotopic (exact) mass is 165 g/mol. The van der Waals surface area contributed by atoms with Crippen LogP contribution >= 0.6 is 47.7 Å². The molecular formula is C2H2BS4. The predicted molar refractivity (Wildman–Crippen MR) is 48.2 cm³/mol. The molecule has 0 atom stereocenters. The molecule has 1 radical (unpaired) electrons. The highest BCUT2D eigenvalue weighted by molar-refractivity contribution is 8.61. The van der Waals surface area contributed by atoms with Gasteiger partial charge in [0.05, 0.1) is 0 Å². The summed E-state index contributed by atoms with van der Waals surface area (Å²) in [5.41, 5.74) is 0. The van der Waals surface area contributed by atoms with Gasteiger partial charge in [0.15, 0.2) is 0 Å². The highest BCUT2D eigenvalue weighted by Crippen LogP contribution is 2.01. The van der Waals surface area contributed by atoms with E-state index >= 15 is 0 Å². The summed E-state index contributed by atoms with van der Waals surface area (Å²) in [7, 11) is 0. The number of thiocarbonyl (C=S) groups is 2. The Morgan fingerprint density at radius 3 is 1.86 bits per heavy atom. The minimum atomic E-state index is 1.46. The van der Waals surface area contributed by atoms with Crippen LogP contribution in [0.25, 0.3) is 0 Å². The molecule has 0 saturated heterocycles. The van der Waals surface area contributed by atoms with Crippen LogP contribution in [0.2, 0.25) is 0 Å². The minimum absolute atomic E-state index is 1.46. The number of hydrogen-bond donors (Lipinski definition) is 0. The molecule has 7 heavy (non-hydrogen) atoms. The van der Waals surface area contributed by atoms with Gasteiger partial charge in [0.2, 0.25) is 0 Å².